The number of nitrogens with one attached hydrogen (secondary N) is 2. The maximum absolute atomic E-state index is 12.4. The number of fused-ring (bicyclic) bond motifs is 1. The summed E-state index contributed by atoms with van der Waals surface area (Å²) in [6, 6.07) is 7.28. The summed E-state index contributed by atoms with van der Waals surface area (Å²) in [5.74, 6) is -0.347. The molecular formula is C20H20N4O3S. The molecule has 0 aliphatic heterocycles. The number of carbonyl (C=O) groups excluding carboxylic acids is 2. The summed E-state index contributed by atoms with van der Waals surface area (Å²) in [6.07, 6.45) is 3.65. The lowest BCUT2D eigenvalue weighted by atomic mass is 10.1. The van der Waals surface area contributed by atoms with Gasteiger partial charge in [0.25, 0.3) is 11.5 Å². The molecule has 1 fully saturated rings. The fraction of sp³-hybridized carbons (Fsp3) is 0.300. The molecule has 8 heteroatoms. The molecule has 0 saturated heterocycles. The van der Waals surface area contributed by atoms with Gasteiger partial charge in [0.2, 0.25) is 5.91 Å². The molecule has 1 aliphatic carbocycles. The van der Waals surface area contributed by atoms with Gasteiger partial charge >= 0.3 is 0 Å². The number of amides is 2. The van der Waals surface area contributed by atoms with E-state index >= 15 is 0 Å². The predicted octanol–water partition coefficient (Wildman–Crippen LogP) is 2.69. The van der Waals surface area contributed by atoms with Crippen molar-refractivity contribution in [1.29, 1.82) is 0 Å². The van der Waals surface area contributed by atoms with Crippen LogP contribution in [-0.4, -0.2) is 27.4 Å². The van der Waals surface area contributed by atoms with Crippen molar-refractivity contribution >= 4 is 39.1 Å². The van der Waals surface area contributed by atoms with Crippen LogP contribution in [0, 0.1) is 6.92 Å². The van der Waals surface area contributed by atoms with Crippen LogP contribution in [0.1, 0.15) is 35.2 Å². The standard InChI is InChI=1S/C20H20N4O3S/c1-12-2-3-13(18(26)22-14-4-5-14)10-16(12)23-17(25)6-8-24-11-21-19-15(20(24)27)7-9-28-19/h2-3,7,9-11,14H,4-6,8H2,1H3,(H,22,26)(H,23,25). The highest BCUT2D eigenvalue weighted by atomic mass is 32.1. The maximum atomic E-state index is 12.4. The smallest absolute Gasteiger partial charge is 0.262 e. The third-order valence-corrected chi connectivity index (χ3v) is 5.54. The molecule has 28 heavy (non-hydrogen) atoms. The number of benzene rings is 1. The molecule has 2 heterocycles. The Morgan fingerprint density at radius 3 is 2.89 bits per heavy atom. The molecule has 1 aliphatic rings. The molecule has 2 N–H and O–H groups in total. The van der Waals surface area contributed by atoms with Crippen LogP contribution in [-0.2, 0) is 11.3 Å². The van der Waals surface area contributed by atoms with Crippen LogP contribution in [0.25, 0.3) is 10.2 Å². The summed E-state index contributed by atoms with van der Waals surface area (Å²) < 4.78 is 1.45. The number of hydrogen-bond donors (Lipinski definition) is 2. The number of aromatic nitrogens is 2. The van der Waals surface area contributed by atoms with Crippen LogP contribution in [0.4, 0.5) is 5.69 Å². The molecule has 0 unspecified atom stereocenters. The van der Waals surface area contributed by atoms with Gasteiger partial charge in [0.05, 0.1) is 11.7 Å². The number of hydrogen-bond acceptors (Lipinski definition) is 5. The Morgan fingerprint density at radius 1 is 1.29 bits per heavy atom. The van der Waals surface area contributed by atoms with E-state index in [1.807, 2.05) is 18.4 Å². The molecule has 3 aromatic rings. The normalized spacial score (nSPS) is 13.5. The highest BCUT2D eigenvalue weighted by Crippen LogP contribution is 2.21. The average molecular weight is 396 g/mol. The van der Waals surface area contributed by atoms with Gasteiger partial charge in [-0.3, -0.25) is 19.0 Å². The molecule has 2 aromatic heterocycles. The first-order chi connectivity index (χ1) is 13.5. The van der Waals surface area contributed by atoms with Gasteiger partial charge in [-0.1, -0.05) is 6.07 Å². The Hall–Kier alpha value is -3.00. The van der Waals surface area contributed by atoms with Crippen molar-refractivity contribution in [3.8, 4) is 0 Å². The highest BCUT2D eigenvalue weighted by molar-refractivity contribution is 7.16. The van der Waals surface area contributed by atoms with Crippen LogP contribution in [0.3, 0.4) is 0 Å². The number of carbonyl (C=O) groups is 2. The number of rotatable bonds is 6. The van der Waals surface area contributed by atoms with Crippen molar-refractivity contribution in [2.45, 2.75) is 38.8 Å². The fourth-order valence-electron chi connectivity index (χ4n) is 2.88. The molecule has 1 aromatic carbocycles. The maximum Gasteiger partial charge on any atom is 0.262 e. The molecular weight excluding hydrogens is 376 g/mol. The quantitative estimate of drug-likeness (QED) is 0.670. The molecule has 4 rings (SSSR count). The minimum absolute atomic E-state index is 0.125. The van der Waals surface area contributed by atoms with Crippen molar-refractivity contribution < 1.29 is 9.59 Å². The Morgan fingerprint density at radius 2 is 2.11 bits per heavy atom. The first-order valence-electron chi connectivity index (χ1n) is 9.15. The lowest BCUT2D eigenvalue weighted by molar-refractivity contribution is -0.116. The second kappa shape index (κ2) is 7.55. The van der Waals surface area contributed by atoms with Crippen LogP contribution in [0.5, 0.6) is 0 Å². The number of aryl methyl sites for hydroxylation is 2. The van der Waals surface area contributed by atoms with Crippen LogP contribution in [0.2, 0.25) is 0 Å². The van der Waals surface area contributed by atoms with E-state index < -0.39 is 0 Å². The largest absolute Gasteiger partial charge is 0.349 e. The van der Waals surface area contributed by atoms with E-state index in [2.05, 4.69) is 15.6 Å². The molecule has 7 nitrogen and oxygen atoms in total. The minimum atomic E-state index is -0.222. The number of thiophene rings is 1. The second-order valence-corrected chi connectivity index (χ2v) is 7.85. The first kappa shape index (κ1) is 18.4. The van der Waals surface area contributed by atoms with Crippen molar-refractivity contribution in [1.82, 2.24) is 14.9 Å². The van der Waals surface area contributed by atoms with Crippen molar-refractivity contribution in [2.24, 2.45) is 0 Å². The van der Waals surface area contributed by atoms with Gasteiger partial charge in [-0.2, -0.15) is 0 Å². The molecule has 0 bridgehead atoms. The molecule has 0 spiro atoms. The summed E-state index contributed by atoms with van der Waals surface area (Å²) in [5, 5.41) is 8.18. The third kappa shape index (κ3) is 3.96. The lowest BCUT2D eigenvalue weighted by Crippen LogP contribution is -2.26. The van der Waals surface area contributed by atoms with E-state index in [0.717, 1.165) is 18.4 Å². The van der Waals surface area contributed by atoms with E-state index in [9.17, 15) is 14.4 Å². The van der Waals surface area contributed by atoms with Crippen molar-refractivity contribution in [3.05, 3.63) is 57.5 Å². The zero-order valence-electron chi connectivity index (χ0n) is 15.4. The van der Waals surface area contributed by atoms with Gasteiger partial charge in [0.15, 0.2) is 0 Å². The van der Waals surface area contributed by atoms with Crippen molar-refractivity contribution in [3.63, 3.8) is 0 Å². The second-order valence-electron chi connectivity index (χ2n) is 6.96. The lowest BCUT2D eigenvalue weighted by Gasteiger charge is -2.11. The first-order valence-corrected chi connectivity index (χ1v) is 10.0. The molecule has 0 atom stereocenters. The highest BCUT2D eigenvalue weighted by Gasteiger charge is 2.24. The van der Waals surface area contributed by atoms with Gasteiger partial charge in [-0.25, -0.2) is 4.98 Å². The van der Waals surface area contributed by atoms with Gasteiger partial charge in [0, 0.05) is 30.3 Å². The Labute approximate surface area is 165 Å². The summed E-state index contributed by atoms with van der Waals surface area (Å²) >= 11 is 1.41. The molecule has 2 amide bonds. The van der Waals surface area contributed by atoms with E-state index in [4.69, 9.17) is 0 Å². The predicted molar refractivity (Wildman–Crippen MR) is 109 cm³/mol. The molecule has 144 valence electrons. The SMILES string of the molecule is Cc1ccc(C(=O)NC2CC2)cc1NC(=O)CCn1cnc2sccc2c1=O. The van der Waals surface area contributed by atoms with Crippen molar-refractivity contribution in [2.75, 3.05) is 5.32 Å². The van der Waals surface area contributed by atoms with E-state index in [1.54, 1.807) is 18.2 Å². The Bertz CT molecular complexity index is 1110. The van der Waals surface area contributed by atoms with E-state index in [-0.39, 0.29) is 36.4 Å². The summed E-state index contributed by atoms with van der Waals surface area (Å²) in [6.45, 7) is 2.11. The topological polar surface area (TPSA) is 93.1 Å². The van der Waals surface area contributed by atoms with Crippen LogP contribution < -0.4 is 16.2 Å². The van der Waals surface area contributed by atoms with Crippen LogP contribution >= 0.6 is 11.3 Å². The number of nitrogens with zero attached hydrogens (tertiary/aromatic N) is 2. The summed E-state index contributed by atoms with van der Waals surface area (Å²) in [7, 11) is 0. The molecule has 0 radical (unpaired) electrons. The minimum Gasteiger partial charge on any atom is -0.349 e. The fourth-order valence-corrected chi connectivity index (χ4v) is 3.60. The zero-order valence-corrected chi connectivity index (χ0v) is 16.2. The van der Waals surface area contributed by atoms with Gasteiger partial charge in [-0.15, -0.1) is 11.3 Å². The third-order valence-electron chi connectivity index (χ3n) is 4.72. The molecule has 1 saturated carbocycles. The van der Waals surface area contributed by atoms with Gasteiger partial charge in [-0.05, 0) is 48.9 Å². The van der Waals surface area contributed by atoms with Gasteiger partial charge in [0.1, 0.15) is 4.83 Å². The Kier molecular flexibility index (Phi) is 4.95. The summed E-state index contributed by atoms with van der Waals surface area (Å²) in [4.78, 5) is 41.9. The number of anilines is 1. The van der Waals surface area contributed by atoms with Crippen LogP contribution in [0.15, 0.2) is 40.8 Å². The Balaban J connectivity index is 1.42. The average Bonchev–Trinajstić information content (AvgIpc) is 3.35. The zero-order chi connectivity index (χ0) is 19.7. The van der Waals surface area contributed by atoms with E-state index in [0.29, 0.717) is 21.5 Å². The van der Waals surface area contributed by atoms with E-state index in [1.165, 1.54) is 22.2 Å². The van der Waals surface area contributed by atoms with Gasteiger partial charge < -0.3 is 10.6 Å². The monoisotopic (exact) mass is 396 g/mol. The summed E-state index contributed by atoms with van der Waals surface area (Å²) in [5.41, 5.74) is 1.85.